The van der Waals surface area contributed by atoms with Crippen molar-refractivity contribution in [3.05, 3.63) is 89.7 Å². The minimum absolute atomic E-state index is 0.105. The van der Waals surface area contributed by atoms with Gasteiger partial charge in [-0.3, -0.25) is 9.69 Å². The third-order valence-corrected chi connectivity index (χ3v) is 8.06. The summed E-state index contributed by atoms with van der Waals surface area (Å²) in [5.74, 6) is 0.201. The number of amidine groups is 1. The van der Waals surface area contributed by atoms with E-state index in [4.69, 9.17) is 0 Å². The van der Waals surface area contributed by atoms with E-state index >= 15 is 0 Å². The molecule has 1 atom stereocenters. The average molecular weight is 637 g/mol. The Morgan fingerprint density at radius 2 is 1.80 bits per heavy atom. The molecule has 3 amide bonds. The highest BCUT2D eigenvalue weighted by Crippen LogP contribution is 2.37. The van der Waals surface area contributed by atoms with Crippen molar-refractivity contribution in [2.45, 2.75) is 51.6 Å². The summed E-state index contributed by atoms with van der Waals surface area (Å²) < 4.78 is 42.6. The second-order valence-electron chi connectivity index (χ2n) is 10.8. The van der Waals surface area contributed by atoms with Crippen LogP contribution in [0.25, 0.3) is 17.1 Å². The van der Waals surface area contributed by atoms with Crippen LogP contribution in [0, 0.1) is 6.92 Å². The van der Waals surface area contributed by atoms with Crippen LogP contribution >= 0.6 is 11.8 Å². The molecular formula is C32H31F3N6O3S. The predicted molar refractivity (Wildman–Crippen MR) is 168 cm³/mol. The Hall–Kier alpha value is -4.65. The second-order valence-corrected chi connectivity index (χ2v) is 12.1. The molecular weight excluding hydrogens is 605 g/mol. The molecule has 1 aromatic heterocycles. The van der Waals surface area contributed by atoms with Gasteiger partial charge in [-0.1, -0.05) is 62.0 Å². The van der Waals surface area contributed by atoms with Gasteiger partial charge in [0.25, 0.3) is 0 Å². The van der Waals surface area contributed by atoms with Crippen LogP contribution in [0.4, 0.5) is 23.7 Å². The number of hydrogen-bond donors (Lipinski definition) is 1. The fraction of sp³-hybridized carbons (Fsp3) is 0.281. The molecule has 1 saturated heterocycles. The number of carbonyl (C=O) groups excluding carboxylic acids is 2. The fourth-order valence-electron chi connectivity index (χ4n) is 4.75. The third-order valence-electron chi connectivity index (χ3n) is 7.02. The maximum atomic E-state index is 13.1. The van der Waals surface area contributed by atoms with Gasteiger partial charge in [-0.15, -0.1) is 18.3 Å². The van der Waals surface area contributed by atoms with E-state index < -0.39 is 12.4 Å². The number of benzene rings is 3. The average Bonchev–Trinajstić information content (AvgIpc) is 3.57. The molecule has 2 heterocycles. The molecule has 1 aliphatic rings. The van der Waals surface area contributed by atoms with E-state index in [2.05, 4.69) is 39.0 Å². The first-order chi connectivity index (χ1) is 21.4. The van der Waals surface area contributed by atoms with Gasteiger partial charge in [0.15, 0.2) is 11.0 Å². The first-order valence-electron chi connectivity index (χ1n) is 14.2. The van der Waals surface area contributed by atoms with Gasteiger partial charge in [0.2, 0.25) is 5.91 Å². The summed E-state index contributed by atoms with van der Waals surface area (Å²) in [6.07, 6.45) is -2.74. The Labute approximate surface area is 262 Å². The Bertz CT molecular complexity index is 1720. The lowest BCUT2D eigenvalue weighted by atomic mass is 9.98. The molecule has 1 unspecified atom stereocenters. The lowest BCUT2D eigenvalue weighted by Crippen LogP contribution is -2.34. The first-order valence-corrected chi connectivity index (χ1v) is 15.1. The van der Waals surface area contributed by atoms with Gasteiger partial charge in [0, 0.05) is 12.1 Å². The zero-order valence-electron chi connectivity index (χ0n) is 25.0. The zero-order chi connectivity index (χ0) is 32.3. The molecule has 5 rings (SSSR count). The third kappa shape index (κ3) is 7.72. The van der Waals surface area contributed by atoms with Crippen LogP contribution in [-0.4, -0.2) is 50.0 Å². The number of halogens is 3. The van der Waals surface area contributed by atoms with E-state index in [9.17, 15) is 22.8 Å². The highest BCUT2D eigenvalue weighted by molar-refractivity contribution is 8.16. The van der Waals surface area contributed by atoms with Crippen molar-refractivity contribution in [3.63, 3.8) is 0 Å². The molecule has 9 nitrogen and oxygen atoms in total. The maximum Gasteiger partial charge on any atom is 0.573 e. The summed E-state index contributed by atoms with van der Waals surface area (Å²) >= 11 is 1.27. The Balaban J connectivity index is 1.19. The van der Waals surface area contributed by atoms with Crippen LogP contribution in [0.1, 0.15) is 43.4 Å². The Morgan fingerprint density at radius 3 is 2.47 bits per heavy atom. The van der Waals surface area contributed by atoms with Gasteiger partial charge in [0.1, 0.15) is 12.1 Å². The molecule has 1 aliphatic heterocycles. The smallest absolute Gasteiger partial charge is 0.406 e. The number of ether oxygens (including phenoxy) is 1. The highest BCUT2D eigenvalue weighted by Gasteiger charge is 2.38. The molecule has 234 valence electrons. The molecule has 3 aromatic carbocycles. The maximum absolute atomic E-state index is 13.1. The lowest BCUT2D eigenvalue weighted by molar-refractivity contribution is -0.274. The molecule has 1 N–H and O–H groups in total. The monoisotopic (exact) mass is 636 g/mol. The van der Waals surface area contributed by atoms with E-state index in [1.807, 2.05) is 56.3 Å². The van der Waals surface area contributed by atoms with Crippen LogP contribution in [0.5, 0.6) is 5.75 Å². The lowest BCUT2D eigenvalue weighted by Gasteiger charge is -2.22. The van der Waals surface area contributed by atoms with Crippen LogP contribution in [0.2, 0.25) is 0 Å². The van der Waals surface area contributed by atoms with Gasteiger partial charge in [-0.05, 0) is 73.2 Å². The van der Waals surface area contributed by atoms with Crippen molar-refractivity contribution in [2.75, 3.05) is 11.4 Å². The number of aliphatic imine (C=N–C) groups is 1. The molecule has 4 aromatic rings. The molecule has 0 radical (unpaired) electrons. The number of urea groups is 1. The second kappa shape index (κ2) is 13.1. The van der Waals surface area contributed by atoms with E-state index in [0.29, 0.717) is 29.6 Å². The van der Waals surface area contributed by atoms with Gasteiger partial charge in [-0.25, -0.2) is 14.5 Å². The first kappa shape index (κ1) is 31.8. The number of anilines is 1. The SMILES string of the molecule is Cc1ccc(C(C)C)c(N2C(=O)C(C)SC2=NC(=O)NCCc2ccc(-c3ncn(-c4ccc(OC(F)(F)F)cc4)n3)cc2)c1. The minimum Gasteiger partial charge on any atom is -0.406 e. The van der Waals surface area contributed by atoms with E-state index in [-0.39, 0.29) is 22.8 Å². The van der Waals surface area contributed by atoms with Gasteiger partial charge in [0.05, 0.1) is 16.6 Å². The number of nitrogens with one attached hydrogen (secondary N) is 1. The van der Waals surface area contributed by atoms with Crippen LogP contribution < -0.4 is 15.0 Å². The van der Waals surface area contributed by atoms with Crippen molar-refractivity contribution < 1.29 is 27.5 Å². The molecule has 1 fully saturated rings. The summed E-state index contributed by atoms with van der Waals surface area (Å²) in [5, 5.41) is 7.24. The highest BCUT2D eigenvalue weighted by atomic mass is 32.2. The molecule has 0 bridgehead atoms. The van der Waals surface area contributed by atoms with Crippen LogP contribution in [0.3, 0.4) is 0 Å². The van der Waals surface area contributed by atoms with Crippen LogP contribution in [-0.2, 0) is 11.2 Å². The van der Waals surface area contributed by atoms with Crippen molar-refractivity contribution in [3.8, 4) is 22.8 Å². The molecule has 13 heteroatoms. The molecule has 0 aliphatic carbocycles. The normalized spacial score (nSPS) is 16.1. The number of alkyl halides is 3. The fourth-order valence-corrected chi connectivity index (χ4v) is 5.70. The van der Waals surface area contributed by atoms with E-state index in [1.54, 1.807) is 4.90 Å². The number of aryl methyl sites for hydroxylation is 1. The zero-order valence-corrected chi connectivity index (χ0v) is 25.8. The van der Waals surface area contributed by atoms with E-state index in [1.165, 1.54) is 47.0 Å². The molecule has 0 spiro atoms. The summed E-state index contributed by atoms with van der Waals surface area (Å²) in [7, 11) is 0. The number of aromatic nitrogens is 3. The summed E-state index contributed by atoms with van der Waals surface area (Å²) in [6, 6.07) is 18.3. The van der Waals surface area contributed by atoms with Crippen molar-refractivity contribution in [1.29, 1.82) is 0 Å². The Kier molecular flexibility index (Phi) is 9.28. The van der Waals surface area contributed by atoms with Crippen molar-refractivity contribution in [1.82, 2.24) is 20.1 Å². The Morgan fingerprint density at radius 1 is 1.09 bits per heavy atom. The topological polar surface area (TPSA) is 102 Å². The van der Waals surface area contributed by atoms with Crippen molar-refractivity contribution >= 4 is 34.6 Å². The largest absolute Gasteiger partial charge is 0.573 e. The summed E-state index contributed by atoms with van der Waals surface area (Å²) in [6.45, 7) is 8.24. The van der Waals surface area contributed by atoms with Gasteiger partial charge >= 0.3 is 12.4 Å². The number of nitrogens with zero attached hydrogens (tertiary/aromatic N) is 5. The predicted octanol–water partition coefficient (Wildman–Crippen LogP) is 7.04. The number of rotatable bonds is 8. The van der Waals surface area contributed by atoms with Crippen molar-refractivity contribution in [2.24, 2.45) is 4.99 Å². The molecule has 0 saturated carbocycles. The van der Waals surface area contributed by atoms with E-state index in [0.717, 1.165) is 27.9 Å². The molecule has 45 heavy (non-hydrogen) atoms. The van der Waals surface area contributed by atoms with Gasteiger partial charge < -0.3 is 10.1 Å². The minimum atomic E-state index is -4.76. The van der Waals surface area contributed by atoms with Crippen LogP contribution in [0.15, 0.2) is 78.0 Å². The quantitative estimate of drug-likeness (QED) is 0.223. The number of hydrogen-bond acceptors (Lipinski definition) is 6. The summed E-state index contributed by atoms with van der Waals surface area (Å²) in [5.41, 5.74) is 5.02. The summed E-state index contributed by atoms with van der Waals surface area (Å²) in [4.78, 5) is 36.0. The van der Waals surface area contributed by atoms with Gasteiger partial charge in [-0.2, -0.15) is 4.99 Å². The number of carbonyl (C=O) groups is 2. The standard InChI is InChI=1S/C32H31F3N6O3S/c1-19(2)26-14-5-20(3)17-27(26)41-29(42)21(4)45-31(41)38-30(43)36-16-15-22-6-8-23(9-7-22)28-37-18-40(39-28)24-10-12-25(13-11-24)44-32(33,34)35/h5-14,17-19,21H,15-16H2,1-4H3,(H,36,43). The number of amides is 3. The number of thioether (sulfide) groups is 1.